The summed E-state index contributed by atoms with van der Waals surface area (Å²) in [4.78, 5) is 0. The first kappa shape index (κ1) is 24.8. The van der Waals surface area contributed by atoms with E-state index in [2.05, 4.69) is 6.92 Å². The van der Waals surface area contributed by atoms with E-state index in [9.17, 15) is 0 Å². The van der Waals surface area contributed by atoms with Crippen molar-refractivity contribution in [1.29, 1.82) is 0 Å². The molecule has 0 amide bonds. The van der Waals surface area contributed by atoms with Gasteiger partial charge in [0.15, 0.2) is 0 Å². The minimum absolute atomic E-state index is 0.565. The van der Waals surface area contributed by atoms with E-state index in [1.165, 1.54) is 96.3 Å². The number of rotatable bonds is 19. The van der Waals surface area contributed by atoms with Crippen LogP contribution in [0.4, 0.5) is 11.4 Å². The van der Waals surface area contributed by atoms with E-state index in [0.717, 1.165) is 30.0 Å². The van der Waals surface area contributed by atoms with Crippen molar-refractivity contribution < 1.29 is 4.74 Å². The van der Waals surface area contributed by atoms with Crippen LogP contribution < -0.4 is 11.5 Å². The molecule has 0 fully saturated rings. The van der Waals surface area contributed by atoms with Gasteiger partial charge in [0.1, 0.15) is 0 Å². The van der Waals surface area contributed by atoms with Gasteiger partial charge in [-0.15, -0.1) is 0 Å². The second kappa shape index (κ2) is 17.8. The third kappa shape index (κ3) is 13.9. The Labute approximate surface area is 174 Å². The molecule has 3 heteroatoms. The molecule has 0 unspecified atom stereocenters. The van der Waals surface area contributed by atoms with Gasteiger partial charge < -0.3 is 16.2 Å². The summed E-state index contributed by atoms with van der Waals surface area (Å²) in [6.45, 7) is 3.66. The monoisotopic (exact) mass is 390 g/mol. The third-order valence-corrected chi connectivity index (χ3v) is 5.57. The number of hydrogen-bond acceptors (Lipinski definition) is 3. The molecule has 0 radical (unpaired) electrons. The van der Waals surface area contributed by atoms with Crippen LogP contribution >= 0.6 is 0 Å². The number of benzene rings is 1. The van der Waals surface area contributed by atoms with Gasteiger partial charge in [-0.1, -0.05) is 103 Å². The average Bonchev–Trinajstić information content (AvgIpc) is 2.69. The average molecular weight is 391 g/mol. The number of nitrogens with two attached hydrogens (primary N) is 2. The molecule has 0 aromatic heterocycles. The number of nitrogen functional groups attached to an aromatic ring is 2. The molecule has 0 bridgehead atoms. The first-order valence-corrected chi connectivity index (χ1v) is 12.0. The van der Waals surface area contributed by atoms with Gasteiger partial charge in [-0.2, -0.15) is 0 Å². The van der Waals surface area contributed by atoms with Crippen LogP contribution in [0.1, 0.15) is 115 Å². The molecule has 0 aliphatic heterocycles. The summed E-state index contributed by atoms with van der Waals surface area (Å²) in [6.07, 6.45) is 22.3. The Morgan fingerprint density at radius 3 is 1.61 bits per heavy atom. The summed E-state index contributed by atoms with van der Waals surface area (Å²) in [5, 5.41) is 0. The van der Waals surface area contributed by atoms with E-state index in [1.807, 2.05) is 18.2 Å². The lowest BCUT2D eigenvalue weighted by atomic mass is 10.0. The van der Waals surface area contributed by atoms with Crippen LogP contribution in [0.15, 0.2) is 18.2 Å². The van der Waals surface area contributed by atoms with Gasteiger partial charge in [-0.25, -0.2) is 0 Å². The van der Waals surface area contributed by atoms with Crippen molar-refractivity contribution in [3.8, 4) is 0 Å². The van der Waals surface area contributed by atoms with Crippen LogP contribution in [-0.4, -0.2) is 6.61 Å². The molecule has 0 saturated carbocycles. The van der Waals surface area contributed by atoms with Crippen molar-refractivity contribution in [2.24, 2.45) is 0 Å². The van der Waals surface area contributed by atoms with Crippen molar-refractivity contribution in [3.05, 3.63) is 23.8 Å². The summed E-state index contributed by atoms with van der Waals surface area (Å²) in [5.41, 5.74) is 14.2. The maximum absolute atomic E-state index is 5.93. The van der Waals surface area contributed by atoms with E-state index >= 15 is 0 Å². The maximum atomic E-state index is 5.93. The molecule has 4 N–H and O–H groups in total. The van der Waals surface area contributed by atoms with Crippen LogP contribution in [0, 0.1) is 0 Å². The van der Waals surface area contributed by atoms with Crippen LogP contribution in [-0.2, 0) is 11.3 Å². The van der Waals surface area contributed by atoms with Crippen molar-refractivity contribution >= 4 is 11.4 Å². The number of hydrogen-bond donors (Lipinski definition) is 2. The molecule has 1 aromatic rings. The fourth-order valence-electron chi connectivity index (χ4n) is 3.69. The Hall–Kier alpha value is -1.22. The van der Waals surface area contributed by atoms with E-state index in [4.69, 9.17) is 16.2 Å². The zero-order valence-electron chi connectivity index (χ0n) is 18.5. The molecule has 28 heavy (non-hydrogen) atoms. The minimum Gasteiger partial charge on any atom is -0.399 e. The van der Waals surface area contributed by atoms with E-state index in [-0.39, 0.29) is 0 Å². The maximum Gasteiger partial charge on any atom is 0.0737 e. The molecule has 3 nitrogen and oxygen atoms in total. The number of anilines is 2. The predicted octanol–water partition coefficient (Wildman–Crippen LogP) is 7.63. The predicted molar refractivity (Wildman–Crippen MR) is 124 cm³/mol. The summed E-state index contributed by atoms with van der Waals surface area (Å²) >= 11 is 0. The Bertz CT molecular complexity index is 476. The quantitative estimate of drug-likeness (QED) is 0.188. The smallest absolute Gasteiger partial charge is 0.0737 e. The Morgan fingerprint density at radius 2 is 1.11 bits per heavy atom. The Kier molecular flexibility index (Phi) is 15.8. The summed E-state index contributed by atoms with van der Waals surface area (Å²) in [5.74, 6) is 0. The van der Waals surface area contributed by atoms with Crippen molar-refractivity contribution in [2.75, 3.05) is 18.1 Å². The first-order chi connectivity index (χ1) is 13.7. The SMILES string of the molecule is CCCCCCCCCCCCCCCCCCOCc1cc(N)ccc1N. The molecule has 0 aliphatic rings. The minimum atomic E-state index is 0.565. The van der Waals surface area contributed by atoms with E-state index in [0.29, 0.717) is 6.61 Å². The molecule has 0 spiro atoms. The van der Waals surface area contributed by atoms with E-state index in [1.54, 1.807) is 0 Å². The van der Waals surface area contributed by atoms with Gasteiger partial charge in [-0.05, 0) is 24.6 Å². The number of ether oxygens (including phenoxy) is 1. The number of unbranched alkanes of at least 4 members (excludes halogenated alkanes) is 15. The van der Waals surface area contributed by atoms with Crippen molar-refractivity contribution in [2.45, 2.75) is 116 Å². The van der Waals surface area contributed by atoms with Crippen molar-refractivity contribution in [1.82, 2.24) is 0 Å². The van der Waals surface area contributed by atoms with Gasteiger partial charge in [0.05, 0.1) is 6.61 Å². The highest BCUT2D eigenvalue weighted by molar-refractivity contribution is 5.54. The van der Waals surface area contributed by atoms with E-state index < -0.39 is 0 Å². The highest BCUT2D eigenvalue weighted by Crippen LogP contribution is 2.17. The fourth-order valence-corrected chi connectivity index (χ4v) is 3.69. The van der Waals surface area contributed by atoms with Gasteiger partial charge >= 0.3 is 0 Å². The zero-order chi connectivity index (χ0) is 20.3. The van der Waals surface area contributed by atoms with Gasteiger partial charge in [0, 0.05) is 23.5 Å². The summed E-state index contributed by atoms with van der Waals surface area (Å²) < 4.78 is 5.74. The lowest BCUT2D eigenvalue weighted by molar-refractivity contribution is 0.117. The van der Waals surface area contributed by atoms with Crippen LogP contribution in [0.2, 0.25) is 0 Å². The van der Waals surface area contributed by atoms with Gasteiger partial charge in [0.25, 0.3) is 0 Å². The molecular formula is C25H46N2O. The van der Waals surface area contributed by atoms with Crippen molar-refractivity contribution in [3.63, 3.8) is 0 Å². The van der Waals surface area contributed by atoms with Gasteiger partial charge in [0.2, 0.25) is 0 Å². The lowest BCUT2D eigenvalue weighted by Gasteiger charge is -2.08. The fraction of sp³-hybridized carbons (Fsp3) is 0.760. The molecule has 1 rings (SSSR count). The van der Waals surface area contributed by atoms with Gasteiger partial charge in [-0.3, -0.25) is 0 Å². The second-order valence-electron chi connectivity index (χ2n) is 8.31. The standard InChI is InChI=1S/C25H46N2O/c1-2-3-4-5-6-7-8-9-10-11-12-13-14-15-16-17-20-28-22-23-21-24(26)18-19-25(23)27/h18-19,21H,2-17,20,22,26-27H2,1H3. The zero-order valence-corrected chi connectivity index (χ0v) is 18.5. The highest BCUT2D eigenvalue weighted by Gasteiger charge is 2.00. The second-order valence-corrected chi connectivity index (χ2v) is 8.31. The Morgan fingerprint density at radius 1 is 0.643 bits per heavy atom. The van der Waals surface area contributed by atoms with Crippen LogP contribution in [0.25, 0.3) is 0 Å². The Balaban J connectivity index is 1.77. The highest BCUT2D eigenvalue weighted by atomic mass is 16.5. The molecule has 0 aliphatic carbocycles. The topological polar surface area (TPSA) is 61.3 Å². The first-order valence-electron chi connectivity index (χ1n) is 12.0. The summed E-state index contributed by atoms with van der Waals surface area (Å²) in [6, 6.07) is 5.58. The molecule has 0 atom stereocenters. The largest absolute Gasteiger partial charge is 0.399 e. The third-order valence-electron chi connectivity index (χ3n) is 5.57. The lowest BCUT2D eigenvalue weighted by Crippen LogP contribution is -2.01. The van der Waals surface area contributed by atoms with Crippen LogP contribution in [0.5, 0.6) is 0 Å². The molecule has 162 valence electrons. The molecule has 0 heterocycles. The normalized spacial score (nSPS) is 11.2. The molecule has 1 aromatic carbocycles. The molecule has 0 saturated heterocycles. The van der Waals surface area contributed by atoms with Crippen LogP contribution in [0.3, 0.4) is 0 Å². The summed E-state index contributed by atoms with van der Waals surface area (Å²) in [7, 11) is 0. The molecular weight excluding hydrogens is 344 g/mol.